The molecule has 2 rings (SSSR count). The highest BCUT2D eigenvalue weighted by molar-refractivity contribution is 5.28. The molecule has 1 aliphatic rings. The predicted octanol–water partition coefficient (Wildman–Crippen LogP) is 5.72. The van der Waals surface area contributed by atoms with Crippen LogP contribution in [0.5, 0.6) is 0 Å². The van der Waals surface area contributed by atoms with E-state index in [1.165, 1.54) is 5.56 Å². The summed E-state index contributed by atoms with van der Waals surface area (Å²) in [5.74, 6) is 0.465. The molecule has 1 fully saturated rings. The standard InChI is InChI=1S/C18H28O2.C2H6/c1-17(2,3)14-9-7-13(8-10-14)16-19-11-15(12-20-16)18(4,5)6;1-2/h7-10,15-16H,11-12H2,1-6H3;1-2H3. The Balaban J connectivity index is 0.00000116. The maximum atomic E-state index is 5.91. The van der Waals surface area contributed by atoms with Crippen LogP contribution in [-0.2, 0) is 14.9 Å². The molecule has 0 aliphatic carbocycles. The third-order valence-corrected chi connectivity index (χ3v) is 4.17. The van der Waals surface area contributed by atoms with Gasteiger partial charge in [-0.1, -0.05) is 79.7 Å². The lowest BCUT2D eigenvalue weighted by Gasteiger charge is -2.37. The zero-order valence-corrected chi connectivity index (χ0v) is 15.7. The van der Waals surface area contributed by atoms with E-state index < -0.39 is 0 Å². The number of benzene rings is 1. The summed E-state index contributed by atoms with van der Waals surface area (Å²) in [6, 6.07) is 8.61. The van der Waals surface area contributed by atoms with Gasteiger partial charge in [0, 0.05) is 11.5 Å². The molecule has 0 saturated carbocycles. The minimum atomic E-state index is -0.206. The van der Waals surface area contributed by atoms with Gasteiger partial charge in [-0.25, -0.2) is 0 Å². The first kappa shape index (κ1) is 19.2. The molecule has 1 aromatic carbocycles. The number of ether oxygens (including phenoxy) is 2. The molecule has 22 heavy (non-hydrogen) atoms. The lowest BCUT2D eigenvalue weighted by Crippen LogP contribution is -2.35. The molecular formula is C20H34O2. The van der Waals surface area contributed by atoms with E-state index in [4.69, 9.17) is 9.47 Å². The second kappa shape index (κ2) is 7.61. The van der Waals surface area contributed by atoms with E-state index in [1.54, 1.807) is 0 Å². The van der Waals surface area contributed by atoms with E-state index in [0.29, 0.717) is 5.92 Å². The summed E-state index contributed by atoms with van der Waals surface area (Å²) >= 11 is 0. The van der Waals surface area contributed by atoms with Gasteiger partial charge in [0.1, 0.15) is 0 Å². The first-order chi connectivity index (χ1) is 10.2. The van der Waals surface area contributed by atoms with Crippen LogP contribution >= 0.6 is 0 Å². The van der Waals surface area contributed by atoms with Gasteiger partial charge >= 0.3 is 0 Å². The average molecular weight is 306 g/mol. The highest BCUT2D eigenvalue weighted by Crippen LogP contribution is 2.34. The molecule has 0 atom stereocenters. The smallest absolute Gasteiger partial charge is 0.183 e. The summed E-state index contributed by atoms with van der Waals surface area (Å²) in [6.07, 6.45) is -0.206. The number of hydrogen-bond acceptors (Lipinski definition) is 2. The molecule has 0 radical (unpaired) electrons. The molecule has 2 nitrogen and oxygen atoms in total. The van der Waals surface area contributed by atoms with Crippen LogP contribution in [0.1, 0.15) is 72.8 Å². The first-order valence-electron chi connectivity index (χ1n) is 8.51. The molecule has 1 heterocycles. The van der Waals surface area contributed by atoms with Crippen molar-refractivity contribution in [2.45, 2.75) is 67.1 Å². The number of hydrogen-bond donors (Lipinski definition) is 0. The average Bonchev–Trinajstić information content (AvgIpc) is 2.48. The van der Waals surface area contributed by atoms with Crippen molar-refractivity contribution in [3.8, 4) is 0 Å². The normalized spacial score (nSPS) is 22.7. The highest BCUT2D eigenvalue weighted by Gasteiger charge is 2.31. The van der Waals surface area contributed by atoms with E-state index in [-0.39, 0.29) is 17.1 Å². The highest BCUT2D eigenvalue weighted by atomic mass is 16.7. The zero-order chi connectivity index (χ0) is 17.0. The first-order valence-corrected chi connectivity index (χ1v) is 8.51. The molecule has 1 aliphatic heterocycles. The van der Waals surface area contributed by atoms with Crippen LogP contribution in [0, 0.1) is 11.3 Å². The Morgan fingerprint density at radius 3 is 1.64 bits per heavy atom. The lowest BCUT2D eigenvalue weighted by molar-refractivity contribution is -0.219. The molecule has 1 saturated heterocycles. The van der Waals surface area contributed by atoms with Crippen LogP contribution in [0.25, 0.3) is 0 Å². The van der Waals surface area contributed by atoms with Gasteiger partial charge in [0.05, 0.1) is 13.2 Å². The van der Waals surface area contributed by atoms with Gasteiger partial charge in [-0.15, -0.1) is 0 Å². The maximum Gasteiger partial charge on any atom is 0.183 e. The fourth-order valence-electron chi connectivity index (χ4n) is 2.34. The topological polar surface area (TPSA) is 18.5 Å². The summed E-state index contributed by atoms with van der Waals surface area (Å²) in [5, 5.41) is 0. The molecule has 0 amide bonds. The van der Waals surface area contributed by atoms with E-state index in [1.807, 2.05) is 13.8 Å². The molecule has 126 valence electrons. The Labute approximate surface area is 137 Å². The van der Waals surface area contributed by atoms with Gasteiger partial charge in [0.25, 0.3) is 0 Å². The quantitative estimate of drug-likeness (QED) is 0.661. The largest absolute Gasteiger partial charge is 0.348 e. The van der Waals surface area contributed by atoms with Crippen molar-refractivity contribution in [2.24, 2.45) is 11.3 Å². The minimum Gasteiger partial charge on any atom is -0.348 e. The molecule has 0 bridgehead atoms. The SMILES string of the molecule is CC.CC(C)(C)c1ccc(C2OCC(C(C)(C)C)CO2)cc1. The van der Waals surface area contributed by atoms with Crippen molar-refractivity contribution in [3.63, 3.8) is 0 Å². The van der Waals surface area contributed by atoms with Crippen molar-refractivity contribution in [3.05, 3.63) is 35.4 Å². The third kappa shape index (κ3) is 5.10. The van der Waals surface area contributed by atoms with Gasteiger partial charge in [0.2, 0.25) is 0 Å². The summed E-state index contributed by atoms with van der Waals surface area (Å²) in [5.41, 5.74) is 2.88. The van der Waals surface area contributed by atoms with Crippen molar-refractivity contribution in [2.75, 3.05) is 13.2 Å². The van der Waals surface area contributed by atoms with Crippen molar-refractivity contribution >= 4 is 0 Å². The van der Waals surface area contributed by atoms with E-state index in [0.717, 1.165) is 18.8 Å². The Bertz CT molecular complexity index is 426. The van der Waals surface area contributed by atoms with Crippen LogP contribution in [-0.4, -0.2) is 13.2 Å². The Kier molecular flexibility index (Phi) is 6.64. The van der Waals surface area contributed by atoms with Crippen molar-refractivity contribution in [1.82, 2.24) is 0 Å². The molecule has 0 N–H and O–H groups in total. The summed E-state index contributed by atoms with van der Waals surface area (Å²) in [4.78, 5) is 0. The van der Waals surface area contributed by atoms with Gasteiger partial charge < -0.3 is 9.47 Å². The molecule has 0 unspecified atom stereocenters. The van der Waals surface area contributed by atoms with Crippen LogP contribution in [0.15, 0.2) is 24.3 Å². The van der Waals surface area contributed by atoms with Crippen molar-refractivity contribution < 1.29 is 9.47 Å². The second-order valence-electron chi connectivity index (χ2n) is 7.93. The predicted molar refractivity (Wildman–Crippen MR) is 94.1 cm³/mol. The third-order valence-electron chi connectivity index (χ3n) is 4.17. The molecule has 0 spiro atoms. The maximum absolute atomic E-state index is 5.91. The summed E-state index contributed by atoms with van der Waals surface area (Å²) in [6.45, 7) is 18.9. The summed E-state index contributed by atoms with van der Waals surface area (Å²) in [7, 11) is 0. The van der Waals surface area contributed by atoms with E-state index in [2.05, 4.69) is 65.8 Å². The second-order valence-corrected chi connectivity index (χ2v) is 7.93. The van der Waals surface area contributed by atoms with Gasteiger partial charge in [-0.2, -0.15) is 0 Å². The molecule has 0 aromatic heterocycles. The van der Waals surface area contributed by atoms with Crippen LogP contribution in [0.4, 0.5) is 0 Å². The van der Waals surface area contributed by atoms with E-state index >= 15 is 0 Å². The van der Waals surface area contributed by atoms with E-state index in [9.17, 15) is 0 Å². The van der Waals surface area contributed by atoms with Crippen LogP contribution in [0.2, 0.25) is 0 Å². The zero-order valence-electron chi connectivity index (χ0n) is 15.7. The lowest BCUT2D eigenvalue weighted by atomic mass is 9.81. The minimum absolute atomic E-state index is 0.185. The Hall–Kier alpha value is -0.860. The van der Waals surface area contributed by atoms with Gasteiger partial charge in [-0.3, -0.25) is 0 Å². The van der Waals surface area contributed by atoms with Crippen LogP contribution in [0.3, 0.4) is 0 Å². The van der Waals surface area contributed by atoms with Gasteiger partial charge in [-0.05, 0) is 16.4 Å². The monoisotopic (exact) mass is 306 g/mol. The van der Waals surface area contributed by atoms with Crippen LogP contribution < -0.4 is 0 Å². The molecular weight excluding hydrogens is 272 g/mol. The van der Waals surface area contributed by atoms with Gasteiger partial charge in [0.15, 0.2) is 6.29 Å². The molecule has 2 heteroatoms. The fourth-order valence-corrected chi connectivity index (χ4v) is 2.34. The Morgan fingerprint density at radius 2 is 1.27 bits per heavy atom. The Morgan fingerprint density at radius 1 is 0.818 bits per heavy atom. The number of rotatable bonds is 1. The summed E-state index contributed by atoms with van der Waals surface area (Å²) < 4.78 is 11.8. The van der Waals surface area contributed by atoms with Crippen molar-refractivity contribution in [1.29, 1.82) is 0 Å². The molecule has 1 aromatic rings. The fraction of sp³-hybridized carbons (Fsp3) is 0.700.